The van der Waals surface area contributed by atoms with Crippen LogP contribution in [-0.2, 0) is 9.59 Å². The number of carbonyl (C=O) groups is 2. The van der Waals surface area contributed by atoms with Gasteiger partial charge < -0.3 is 5.32 Å². The highest BCUT2D eigenvalue weighted by Gasteiger charge is 2.31. The number of carbonyl (C=O) groups excluding carboxylic acids is 2. The number of unbranched alkanes of at least 4 members (excludes halogenated alkanes) is 2. The number of nitrogens with zero attached hydrogens (tertiary/aromatic N) is 2. The molecule has 7 nitrogen and oxygen atoms in total. The highest BCUT2D eigenvalue weighted by Crippen LogP contribution is 2.33. The maximum atomic E-state index is 12.7. The topological polar surface area (TPSA) is 92.6 Å². The average Bonchev–Trinajstić information content (AvgIpc) is 3.02. The van der Waals surface area contributed by atoms with Crippen LogP contribution in [0.1, 0.15) is 31.2 Å². The fourth-order valence-corrected chi connectivity index (χ4v) is 4.60. The molecule has 0 atom stereocenters. The van der Waals surface area contributed by atoms with Crippen molar-refractivity contribution in [2.24, 2.45) is 0 Å². The second-order valence-corrected chi connectivity index (χ2v) is 9.64. The number of thiocarbonyl (C=S) groups is 1. The third-order valence-electron chi connectivity index (χ3n) is 4.69. The first kappa shape index (κ1) is 24.1. The molecule has 1 aliphatic heterocycles. The Morgan fingerprint density at radius 3 is 2.47 bits per heavy atom. The van der Waals surface area contributed by atoms with Gasteiger partial charge in [0.1, 0.15) is 4.32 Å². The van der Waals surface area contributed by atoms with Crippen molar-refractivity contribution in [3.63, 3.8) is 0 Å². The van der Waals surface area contributed by atoms with Gasteiger partial charge in [0, 0.05) is 35.3 Å². The molecule has 1 fully saturated rings. The molecule has 2 amide bonds. The molecule has 0 aliphatic carbocycles. The predicted octanol–water partition coefficient (Wildman–Crippen LogP) is 5.76. The first-order chi connectivity index (χ1) is 15.3. The Morgan fingerprint density at radius 2 is 1.81 bits per heavy atom. The van der Waals surface area contributed by atoms with E-state index in [4.69, 9.17) is 12.2 Å². The fraction of sp³-hybridized carbons (Fsp3) is 0.227. The molecule has 0 bridgehead atoms. The normalized spacial score (nSPS) is 14.8. The van der Waals surface area contributed by atoms with Gasteiger partial charge in [-0.2, -0.15) is 0 Å². The van der Waals surface area contributed by atoms with Crippen molar-refractivity contribution in [2.45, 2.75) is 25.7 Å². The van der Waals surface area contributed by atoms with E-state index in [0.29, 0.717) is 34.3 Å². The van der Waals surface area contributed by atoms with Crippen molar-refractivity contribution < 1.29 is 14.5 Å². The molecule has 1 N–H and O–H groups in total. The van der Waals surface area contributed by atoms with E-state index in [1.165, 1.54) is 36.0 Å². The number of nitrogens with one attached hydrogen (secondary N) is 1. The lowest BCUT2D eigenvalue weighted by atomic mass is 10.1. The number of halogens is 1. The number of non-ortho nitro benzene ring substituents is 1. The molecule has 10 heteroatoms. The Kier molecular flexibility index (Phi) is 8.54. The Hall–Kier alpha value is -2.56. The Morgan fingerprint density at radius 1 is 1.12 bits per heavy atom. The molecule has 0 saturated carbocycles. The Bertz CT molecular complexity index is 1060. The van der Waals surface area contributed by atoms with E-state index in [1.807, 2.05) is 30.3 Å². The second-order valence-electron chi connectivity index (χ2n) is 7.05. The Labute approximate surface area is 203 Å². The van der Waals surface area contributed by atoms with Gasteiger partial charge in [-0.15, -0.1) is 0 Å². The van der Waals surface area contributed by atoms with Crippen molar-refractivity contribution in [3.05, 3.63) is 73.6 Å². The molecular formula is C22H20BrN3O4S2. The molecule has 1 saturated heterocycles. The van der Waals surface area contributed by atoms with Crippen molar-refractivity contribution in [1.29, 1.82) is 0 Å². The van der Waals surface area contributed by atoms with Gasteiger partial charge in [0.25, 0.3) is 11.6 Å². The van der Waals surface area contributed by atoms with Crippen LogP contribution in [0, 0.1) is 10.1 Å². The summed E-state index contributed by atoms with van der Waals surface area (Å²) in [7, 11) is 0. The molecule has 3 rings (SSSR count). The van der Waals surface area contributed by atoms with Gasteiger partial charge in [0.15, 0.2) is 0 Å². The van der Waals surface area contributed by atoms with E-state index in [0.717, 1.165) is 22.9 Å². The summed E-state index contributed by atoms with van der Waals surface area (Å²) < 4.78 is 1.53. The zero-order valence-corrected chi connectivity index (χ0v) is 20.2. The molecule has 0 aromatic heterocycles. The summed E-state index contributed by atoms with van der Waals surface area (Å²) in [4.78, 5) is 37.1. The van der Waals surface area contributed by atoms with Crippen molar-refractivity contribution in [3.8, 4) is 0 Å². The SMILES string of the molecule is O=C(CCCCCN1C(=O)/C(=C/c2ccc(Br)cc2)SC1=S)Nc1ccc([N+](=O)[O-])cc1. The number of thioether (sulfide) groups is 1. The van der Waals surface area contributed by atoms with E-state index >= 15 is 0 Å². The second kappa shape index (κ2) is 11.3. The highest BCUT2D eigenvalue weighted by molar-refractivity contribution is 9.10. The van der Waals surface area contributed by atoms with Crippen LogP contribution in [0.4, 0.5) is 11.4 Å². The molecule has 166 valence electrons. The summed E-state index contributed by atoms with van der Waals surface area (Å²) in [5.74, 6) is -0.235. The minimum atomic E-state index is -0.486. The number of rotatable bonds is 9. The predicted molar refractivity (Wildman–Crippen MR) is 134 cm³/mol. The number of anilines is 1. The maximum absolute atomic E-state index is 12.7. The number of hydrogen-bond acceptors (Lipinski definition) is 6. The molecule has 2 aromatic carbocycles. The molecule has 2 aromatic rings. The molecule has 0 radical (unpaired) electrons. The van der Waals surface area contributed by atoms with Gasteiger partial charge in [0.05, 0.1) is 9.83 Å². The van der Waals surface area contributed by atoms with Crippen LogP contribution >= 0.6 is 39.9 Å². The van der Waals surface area contributed by atoms with E-state index in [1.54, 1.807) is 4.90 Å². The van der Waals surface area contributed by atoms with Gasteiger partial charge in [-0.05, 0) is 48.7 Å². The standard InChI is InChI=1S/C22H20BrN3O4S2/c23-16-7-5-15(6-8-16)14-19-21(28)25(22(31)32-19)13-3-1-2-4-20(27)24-17-9-11-18(12-10-17)26(29)30/h5-12,14H,1-4,13H2,(H,24,27)/b19-14-. The fourth-order valence-electron chi connectivity index (χ4n) is 3.03. The summed E-state index contributed by atoms with van der Waals surface area (Å²) in [5, 5.41) is 13.4. The quantitative estimate of drug-likeness (QED) is 0.145. The highest BCUT2D eigenvalue weighted by atomic mass is 79.9. The summed E-state index contributed by atoms with van der Waals surface area (Å²) in [6.45, 7) is 0.520. The number of benzene rings is 2. The third kappa shape index (κ3) is 6.72. The minimum Gasteiger partial charge on any atom is -0.326 e. The van der Waals surface area contributed by atoms with Crippen LogP contribution in [0.3, 0.4) is 0 Å². The number of nitro groups is 1. The average molecular weight is 534 g/mol. The van der Waals surface area contributed by atoms with Gasteiger partial charge in [-0.25, -0.2) is 0 Å². The van der Waals surface area contributed by atoms with Crippen LogP contribution < -0.4 is 5.32 Å². The lowest BCUT2D eigenvalue weighted by Gasteiger charge is -2.14. The summed E-state index contributed by atoms with van der Waals surface area (Å²) in [6.07, 6.45) is 4.36. The largest absolute Gasteiger partial charge is 0.326 e. The lowest BCUT2D eigenvalue weighted by molar-refractivity contribution is -0.384. The Balaban J connectivity index is 1.40. The molecule has 0 spiro atoms. The van der Waals surface area contributed by atoms with Crippen molar-refractivity contribution in [1.82, 2.24) is 4.90 Å². The van der Waals surface area contributed by atoms with Crippen LogP contribution in [0.15, 0.2) is 57.9 Å². The monoisotopic (exact) mass is 533 g/mol. The molecule has 1 heterocycles. The minimum absolute atomic E-state index is 0.0228. The van der Waals surface area contributed by atoms with Crippen LogP contribution in [-0.4, -0.2) is 32.5 Å². The van der Waals surface area contributed by atoms with E-state index in [2.05, 4.69) is 21.2 Å². The van der Waals surface area contributed by atoms with Gasteiger partial charge in [-0.3, -0.25) is 24.6 Å². The van der Waals surface area contributed by atoms with Gasteiger partial charge in [0.2, 0.25) is 5.91 Å². The first-order valence-corrected chi connectivity index (χ1v) is 11.9. The van der Waals surface area contributed by atoms with E-state index in [9.17, 15) is 19.7 Å². The van der Waals surface area contributed by atoms with E-state index < -0.39 is 4.92 Å². The number of amides is 2. The lowest BCUT2D eigenvalue weighted by Crippen LogP contribution is -2.29. The van der Waals surface area contributed by atoms with Crippen molar-refractivity contribution >= 4 is 73.5 Å². The molecular weight excluding hydrogens is 514 g/mol. The summed E-state index contributed by atoms with van der Waals surface area (Å²) in [6, 6.07) is 13.4. The third-order valence-corrected chi connectivity index (χ3v) is 6.60. The molecule has 0 unspecified atom stereocenters. The molecule has 1 aliphatic rings. The van der Waals surface area contributed by atoms with Gasteiger partial charge >= 0.3 is 0 Å². The number of nitro benzene ring substituents is 1. The zero-order valence-electron chi connectivity index (χ0n) is 17.0. The smallest absolute Gasteiger partial charge is 0.269 e. The van der Waals surface area contributed by atoms with Crippen molar-refractivity contribution in [2.75, 3.05) is 11.9 Å². The first-order valence-electron chi connectivity index (χ1n) is 9.89. The maximum Gasteiger partial charge on any atom is 0.269 e. The van der Waals surface area contributed by atoms with E-state index in [-0.39, 0.29) is 17.5 Å². The summed E-state index contributed by atoms with van der Waals surface area (Å²) >= 11 is 10.1. The van der Waals surface area contributed by atoms with Crippen LogP contribution in [0.25, 0.3) is 6.08 Å². The summed E-state index contributed by atoms with van der Waals surface area (Å²) in [5.41, 5.74) is 1.44. The molecule has 32 heavy (non-hydrogen) atoms. The zero-order chi connectivity index (χ0) is 23.1. The number of hydrogen-bond donors (Lipinski definition) is 1. The van der Waals surface area contributed by atoms with Crippen LogP contribution in [0.2, 0.25) is 0 Å². The van der Waals surface area contributed by atoms with Gasteiger partial charge in [-0.1, -0.05) is 58.5 Å². The van der Waals surface area contributed by atoms with Crippen LogP contribution in [0.5, 0.6) is 0 Å².